The van der Waals surface area contributed by atoms with Crippen LogP contribution in [0.1, 0.15) is 17.1 Å². The summed E-state index contributed by atoms with van der Waals surface area (Å²) >= 11 is 3.35. The second kappa shape index (κ2) is 6.09. The van der Waals surface area contributed by atoms with E-state index >= 15 is 0 Å². The molecule has 3 aromatic heterocycles. The predicted molar refractivity (Wildman–Crippen MR) is 93.5 cm³/mol. The fourth-order valence-electron chi connectivity index (χ4n) is 2.50. The van der Waals surface area contributed by atoms with E-state index in [2.05, 4.69) is 53.3 Å². The third-order valence-corrected chi connectivity index (χ3v) is 4.04. The number of hydrogen-bond donors (Lipinski definition) is 0. The Kier molecular flexibility index (Phi) is 3.78. The molecule has 0 aliphatic heterocycles. The van der Waals surface area contributed by atoms with Crippen LogP contribution in [-0.2, 0) is 6.42 Å². The number of halogens is 1. The summed E-state index contributed by atoms with van der Waals surface area (Å²) in [6, 6.07) is 12.0. The van der Waals surface area contributed by atoms with Crippen molar-refractivity contribution in [3.05, 3.63) is 70.3 Å². The molecule has 6 nitrogen and oxygen atoms in total. The van der Waals surface area contributed by atoms with Gasteiger partial charge >= 0.3 is 0 Å². The van der Waals surface area contributed by atoms with E-state index in [0.29, 0.717) is 12.2 Å². The zero-order valence-electron chi connectivity index (χ0n) is 12.9. The van der Waals surface area contributed by atoms with Gasteiger partial charge in [0.25, 0.3) is 0 Å². The third-order valence-electron chi connectivity index (χ3n) is 3.63. The maximum Gasteiger partial charge on any atom is 0.177 e. The summed E-state index contributed by atoms with van der Waals surface area (Å²) in [5, 5.41) is 12.9. The fourth-order valence-corrected chi connectivity index (χ4v) is 2.70. The molecule has 0 fully saturated rings. The van der Waals surface area contributed by atoms with Gasteiger partial charge in [0.05, 0.1) is 10.2 Å². The lowest BCUT2D eigenvalue weighted by atomic mass is 10.1. The van der Waals surface area contributed by atoms with Crippen molar-refractivity contribution in [1.29, 1.82) is 0 Å². The lowest BCUT2D eigenvalue weighted by Crippen LogP contribution is -2.01. The topological polar surface area (TPSA) is 68.9 Å². The molecule has 4 rings (SSSR count). The van der Waals surface area contributed by atoms with Gasteiger partial charge in [0.2, 0.25) is 0 Å². The molecular formula is C17H13BrN6. The van der Waals surface area contributed by atoms with Gasteiger partial charge in [0.1, 0.15) is 0 Å². The molecule has 0 aliphatic carbocycles. The number of benzene rings is 1. The fraction of sp³-hybridized carbons (Fsp3) is 0.118. The Labute approximate surface area is 146 Å². The van der Waals surface area contributed by atoms with Crippen molar-refractivity contribution in [3.8, 4) is 11.4 Å². The highest BCUT2D eigenvalue weighted by atomic mass is 79.9. The van der Waals surface area contributed by atoms with Gasteiger partial charge in [-0.25, -0.2) is 9.97 Å². The molecule has 4 aromatic rings. The maximum atomic E-state index is 4.48. The zero-order valence-corrected chi connectivity index (χ0v) is 14.5. The van der Waals surface area contributed by atoms with E-state index in [-0.39, 0.29) is 0 Å². The third kappa shape index (κ3) is 2.90. The van der Waals surface area contributed by atoms with Gasteiger partial charge in [0.15, 0.2) is 17.3 Å². The average molecular weight is 381 g/mol. The summed E-state index contributed by atoms with van der Waals surface area (Å²) < 4.78 is 2.65. The zero-order chi connectivity index (χ0) is 16.5. The molecule has 0 N–H and O–H groups in total. The smallest absolute Gasteiger partial charge is 0.177 e. The van der Waals surface area contributed by atoms with Gasteiger partial charge in [-0.3, -0.25) is 0 Å². The van der Waals surface area contributed by atoms with E-state index in [0.717, 1.165) is 32.8 Å². The van der Waals surface area contributed by atoms with Crippen molar-refractivity contribution in [2.24, 2.45) is 0 Å². The van der Waals surface area contributed by atoms with Gasteiger partial charge in [-0.1, -0.05) is 18.2 Å². The van der Waals surface area contributed by atoms with E-state index in [1.807, 2.05) is 31.2 Å². The molecule has 24 heavy (non-hydrogen) atoms. The minimum absolute atomic E-state index is 0.641. The molecule has 0 atom stereocenters. The minimum Gasteiger partial charge on any atom is -0.235 e. The molecule has 0 saturated carbocycles. The number of hydrogen-bond acceptors (Lipinski definition) is 5. The second-order valence-electron chi connectivity index (χ2n) is 5.46. The van der Waals surface area contributed by atoms with Crippen molar-refractivity contribution in [3.63, 3.8) is 0 Å². The standard InChI is InChI=1S/C17H13BrN6/c1-11-5-6-15-21-22-16(24(15)23-11)8-12-3-2-4-13(7-12)17-19-9-14(18)10-20-17/h2-7,9-10H,8H2,1H3. The molecule has 7 heteroatoms. The Bertz CT molecular complexity index is 1010. The van der Waals surface area contributed by atoms with E-state index in [4.69, 9.17) is 0 Å². The van der Waals surface area contributed by atoms with Crippen molar-refractivity contribution >= 4 is 21.6 Å². The molecule has 0 aliphatic rings. The summed E-state index contributed by atoms with van der Waals surface area (Å²) in [6.45, 7) is 1.95. The first-order valence-electron chi connectivity index (χ1n) is 7.44. The van der Waals surface area contributed by atoms with Crippen molar-refractivity contribution in [2.75, 3.05) is 0 Å². The first-order chi connectivity index (χ1) is 11.7. The molecule has 0 bridgehead atoms. The summed E-state index contributed by atoms with van der Waals surface area (Å²) in [4.78, 5) is 8.69. The van der Waals surface area contributed by atoms with Gasteiger partial charge in [-0.2, -0.15) is 9.61 Å². The second-order valence-corrected chi connectivity index (χ2v) is 6.38. The minimum atomic E-state index is 0.641. The summed E-state index contributed by atoms with van der Waals surface area (Å²) in [5.74, 6) is 1.50. The van der Waals surface area contributed by atoms with Crippen molar-refractivity contribution < 1.29 is 0 Å². The van der Waals surface area contributed by atoms with Gasteiger partial charge in [0, 0.05) is 24.4 Å². The number of nitrogens with zero attached hydrogens (tertiary/aromatic N) is 6. The van der Waals surface area contributed by atoms with Crippen LogP contribution in [0.2, 0.25) is 0 Å². The van der Waals surface area contributed by atoms with E-state index in [1.54, 1.807) is 16.9 Å². The van der Waals surface area contributed by atoms with Crippen LogP contribution in [0.25, 0.3) is 17.0 Å². The first-order valence-corrected chi connectivity index (χ1v) is 8.23. The Morgan fingerprint density at radius 3 is 2.71 bits per heavy atom. The van der Waals surface area contributed by atoms with Crippen LogP contribution in [0.4, 0.5) is 0 Å². The lowest BCUT2D eigenvalue weighted by molar-refractivity contribution is 0.820. The number of rotatable bonds is 3. The monoisotopic (exact) mass is 380 g/mol. The SMILES string of the molecule is Cc1ccc2nnc(Cc3cccc(-c4ncc(Br)cn4)c3)n2n1. The summed E-state index contributed by atoms with van der Waals surface area (Å²) in [5.41, 5.74) is 3.76. The number of fused-ring (bicyclic) bond motifs is 1. The number of aryl methyl sites for hydroxylation is 1. The molecule has 0 amide bonds. The van der Waals surface area contributed by atoms with Crippen molar-refractivity contribution in [1.82, 2.24) is 29.8 Å². The van der Waals surface area contributed by atoms with Gasteiger partial charge in [-0.15, -0.1) is 10.2 Å². The van der Waals surface area contributed by atoms with E-state index in [9.17, 15) is 0 Å². The summed E-state index contributed by atoms with van der Waals surface area (Å²) in [6.07, 6.45) is 4.13. The molecule has 0 saturated heterocycles. The number of aromatic nitrogens is 6. The van der Waals surface area contributed by atoms with Crippen LogP contribution < -0.4 is 0 Å². The highest BCUT2D eigenvalue weighted by molar-refractivity contribution is 9.10. The molecular weight excluding hydrogens is 368 g/mol. The molecule has 0 radical (unpaired) electrons. The molecule has 0 spiro atoms. The highest BCUT2D eigenvalue weighted by Gasteiger charge is 2.09. The van der Waals surface area contributed by atoms with E-state index in [1.165, 1.54) is 0 Å². The molecule has 0 unspecified atom stereocenters. The van der Waals surface area contributed by atoms with Gasteiger partial charge in [-0.05, 0) is 46.6 Å². The Balaban J connectivity index is 1.68. The molecule has 3 heterocycles. The van der Waals surface area contributed by atoms with Crippen LogP contribution in [0.5, 0.6) is 0 Å². The van der Waals surface area contributed by atoms with Crippen LogP contribution in [-0.4, -0.2) is 29.8 Å². The van der Waals surface area contributed by atoms with Crippen molar-refractivity contribution in [2.45, 2.75) is 13.3 Å². The maximum absolute atomic E-state index is 4.48. The van der Waals surface area contributed by atoms with Crippen LogP contribution in [0, 0.1) is 6.92 Å². The Hall–Kier alpha value is -2.67. The first kappa shape index (κ1) is 14.9. The van der Waals surface area contributed by atoms with E-state index < -0.39 is 0 Å². The Morgan fingerprint density at radius 1 is 1.04 bits per heavy atom. The quantitative estimate of drug-likeness (QED) is 0.545. The average Bonchev–Trinajstić information content (AvgIpc) is 2.98. The highest BCUT2D eigenvalue weighted by Crippen LogP contribution is 2.19. The van der Waals surface area contributed by atoms with Crippen LogP contribution in [0.3, 0.4) is 0 Å². The lowest BCUT2D eigenvalue weighted by Gasteiger charge is -2.04. The van der Waals surface area contributed by atoms with Gasteiger partial charge < -0.3 is 0 Å². The van der Waals surface area contributed by atoms with Crippen LogP contribution >= 0.6 is 15.9 Å². The van der Waals surface area contributed by atoms with Crippen LogP contribution in [0.15, 0.2) is 53.3 Å². The Morgan fingerprint density at radius 2 is 1.88 bits per heavy atom. The normalized spacial score (nSPS) is 11.1. The summed E-state index contributed by atoms with van der Waals surface area (Å²) in [7, 11) is 0. The largest absolute Gasteiger partial charge is 0.235 e. The molecule has 118 valence electrons. The molecule has 1 aromatic carbocycles. The predicted octanol–water partition coefficient (Wildman–Crippen LogP) is 3.24.